The minimum Gasteiger partial charge on any atom is -0.491 e. The minimum atomic E-state index is 0.0517. The van der Waals surface area contributed by atoms with E-state index in [1.54, 1.807) is 12.1 Å². The lowest BCUT2D eigenvalue weighted by Crippen LogP contribution is -2.48. The first-order chi connectivity index (χ1) is 11.7. The highest BCUT2D eigenvalue weighted by Gasteiger charge is 2.21. The molecule has 1 aromatic carbocycles. The average molecular weight is 331 g/mol. The molecule has 1 fully saturated rings. The van der Waals surface area contributed by atoms with Crippen LogP contribution in [0.25, 0.3) is 0 Å². The molecule has 0 bridgehead atoms. The summed E-state index contributed by atoms with van der Waals surface area (Å²) in [4.78, 5) is 16.6. The number of amides is 1. The molecule has 0 saturated carbocycles. The quantitative estimate of drug-likeness (QED) is 0.679. The van der Waals surface area contributed by atoms with Gasteiger partial charge < -0.3 is 14.4 Å². The molecule has 0 unspecified atom stereocenters. The maximum atomic E-state index is 12.5. The van der Waals surface area contributed by atoms with E-state index in [4.69, 9.17) is 14.7 Å². The third-order valence-electron chi connectivity index (χ3n) is 4.00. The monoisotopic (exact) mass is 331 g/mol. The van der Waals surface area contributed by atoms with Gasteiger partial charge in [-0.25, -0.2) is 0 Å². The zero-order valence-electron chi connectivity index (χ0n) is 14.2. The largest absolute Gasteiger partial charge is 0.491 e. The molecular weight excluding hydrogens is 306 g/mol. The summed E-state index contributed by atoms with van der Waals surface area (Å²) in [6.45, 7) is 7.54. The molecule has 2 rings (SSSR count). The molecule has 1 aliphatic heterocycles. The Morgan fingerprint density at radius 3 is 2.50 bits per heavy atom. The first kappa shape index (κ1) is 18.2. The van der Waals surface area contributed by atoms with E-state index in [0.717, 1.165) is 25.4 Å². The molecule has 130 valence electrons. The van der Waals surface area contributed by atoms with Crippen molar-refractivity contribution in [3.63, 3.8) is 0 Å². The highest BCUT2D eigenvalue weighted by molar-refractivity contribution is 5.94. The normalized spacial score (nSPS) is 15.1. The zero-order valence-corrected chi connectivity index (χ0v) is 14.2. The Morgan fingerprint density at radius 2 is 1.88 bits per heavy atom. The molecule has 24 heavy (non-hydrogen) atoms. The summed E-state index contributed by atoms with van der Waals surface area (Å²) in [6, 6.07) is 9.42. The van der Waals surface area contributed by atoms with Crippen LogP contribution in [0, 0.1) is 11.3 Å². The van der Waals surface area contributed by atoms with Gasteiger partial charge in [-0.2, -0.15) is 5.26 Å². The van der Waals surface area contributed by atoms with Crippen LogP contribution >= 0.6 is 0 Å². The van der Waals surface area contributed by atoms with Gasteiger partial charge in [-0.05, 0) is 31.2 Å². The fourth-order valence-corrected chi connectivity index (χ4v) is 2.62. The third kappa shape index (κ3) is 5.52. The molecule has 6 heteroatoms. The number of rotatable bonds is 8. The SMILES string of the molecule is CCOCCOc1ccc(C(=O)N2CCN(CCC#N)CC2)cc1. The lowest BCUT2D eigenvalue weighted by atomic mass is 10.1. The topological polar surface area (TPSA) is 65.8 Å². The van der Waals surface area contributed by atoms with Gasteiger partial charge in [0.15, 0.2) is 0 Å². The summed E-state index contributed by atoms with van der Waals surface area (Å²) in [7, 11) is 0. The van der Waals surface area contributed by atoms with Crippen molar-refractivity contribution in [2.45, 2.75) is 13.3 Å². The van der Waals surface area contributed by atoms with E-state index in [0.29, 0.717) is 44.9 Å². The number of carbonyl (C=O) groups is 1. The van der Waals surface area contributed by atoms with Crippen LogP contribution in [0.4, 0.5) is 0 Å². The Kier molecular flexibility index (Phi) is 7.53. The zero-order chi connectivity index (χ0) is 17.2. The van der Waals surface area contributed by atoms with E-state index in [9.17, 15) is 4.79 Å². The second-order valence-electron chi connectivity index (χ2n) is 5.61. The second-order valence-corrected chi connectivity index (χ2v) is 5.61. The fraction of sp³-hybridized carbons (Fsp3) is 0.556. The Hall–Kier alpha value is -2.10. The van der Waals surface area contributed by atoms with E-state index < -0.39 is 0 Å². The predicted octanol–water partition coefficient (Wildman–Crippen LogP) is 1.77. The highest BCUT2D eigenvalue weighted by atomic mass is 16.5. The number of piperazine rings is 1. The van der Waals surface area contributed by atoms with Crippen LogP contribution in [0.15, 0.2) is 24.3 Å². The van der Waals surface area contributed by atoms with Crippen molar-refractivity contribution in [2.24, 2.45) is 0 Å². The molecule has 0 aromatic heterocycles. The van der Waals surface area contributed by atoms with Gasteiger partial charge in [0.1, 0.15) is 12.4 Å². The number of carbonyl (C=O) groups excluding carboxylic acids is 1. The number of hydrogen-bond acceptors (Lipinski definition) is 5. The molecule has 1 heterocycles. The second kappa shape index (κ2) is 9.91. The Morgan fingerprint density at radius 1 is 1.17 bits per heavy atom. The fourth-order valence-electron chi connectivity index (χ4n) is 2.62. The standard InChI is InChI=1S/C18H25N3O3/c1-2-23-14-15-24-17-6-4-16(5-7-17)18(22)21-12-10-20(11-13-21)9-3-8-19/h4-7H,2-3,9-15H2,1H3. The third-order valence-corrected chi connectivity index (χ3v) is 4.00. The number of ether oxygens (including phenoxy) is 2. The summed E-state index contributed by atoms with van der Waals surface area (Å²) in [5.41, 5.74) is 0.678. The Balaban J connectivity index is 1.79. The molecule has 1 saturated heterocycles. The van der Waals surface area contributed by atoms with E-state index in [2.05, 4.69) is 11.0 Å². The summed E-state index contributed by atoms with van der Waals surface area (Å²) in [5.74, 6) is 0.795. The molecule has 0 aliphatic carbocycles. The van der Waals surface area contributed by atoms with Gasteiger partial charge in [-0.15, -0.1) is 0 Å². The number of benzene rings is 1. The molecule has 0 atom stereocenters. The maximum Gasteiger partial charge on any atom is 0.253 e. The van der Waals surface area contributed by atoms with Crippen molar-refractivity contribution >= 4 is 5.91 Å². The van der Waals surface area contributed by atoms with Crippen LogP contribution in [0.1, 0.15) is 23.7 Å². The summed E-state index contributed by atoms with van der Waals surface area (Å²) >= 11 is 0. The van der Waals surface area contributed by atoms with Crippen molar-refractivity contribution in [1.29, 1.82) is 5.26 Å². The van der Waals surface area contributed by atoms with E-state index in [-0.39, 0.29) is 5.91 Å². The first-order valence-electron chi connectivity index (χ1n) is 8.43. The molecule has 1 aromatic rings. The van der Waals surface area contributed by atoms with Crippen molar-refractivity contribution in [3.8, 4) is 11.8 Å². The Labute approximate surface area is 143 Å². The van der Waals surface area contributed by atoms with Crippen LogP contribution in [-0.2, 0) is 4.74 Å². The van der Waals surface area contributed by atoms with E-state index in [1.165, 1.54) is 0 Å². The molecule has 6 nitrogen and oxygen atoms in total. The molecule has 1 aliphatic rings. The highest BCUT2D eigenvalue weighted by Crippen LogP contribution is 2.15. The van der Waals surface area contributed by atoms with Crippen LogP contribution in [0.2, 0.25) is 0 Å². The minimum absolute atomic E-state index is 0.0517. The molecule has 0 spiro atoms. The number of nitrogens with zero attached hydrogens (tertiary/aromatic N) is 3. The van der Waals surface area contributed by atoms with Gasteiger partial charge in [0.25, 0.3) is 5.91 Å². The van der Waals surface area contributed by atoms with Gasteiger partial charge in [-0.1, -0.05) is 0 Å². The Bertz CT molecular complexity index is 546. The van der Waals surface area contributed by atoms with Crippen molar-refractivity contribution in [2.75, 3.05) is 52.5 Å². The van der Waals surface area contributed by atoms with Crippen LogP contribution in [-0.4, -0.2) is 68.3 Å². The van der Waals surface area contributed by atoms with Crippen molar-refractivity contribution in [1.82, 2.24) is 9.80 Å². The van der Waals surface area contributed by atoms with Gasteiger partial charge in [-0.3, -0.25) is 9.69 Å². The van der Waals surface area contributed by atoms with Crippen LogP contribution in [0.5, 0.6) is 5.75 Å². The first-order valence-corrected chi connectivity index (χ1v) is 8.43. The van der Waals surface area contributed by atoms with Crippen molar-refractivity contribution in [3.05, 3.63) is 29.8 Å². The van der Waals surface area contributed by atoms with Crippen LogP contribution < -0.4 is 4.74 Å². The molecular formula is C18H25N3O3. The van der Waals surface area contributed by atoms with Gasteiger partial charge in [0, 0.05) is 51.3 Å². The lowest BCUT2D eigenvalue weighted by Gasteiger charge is -2.34. The summed E-state index contributed by atoms with van der Waals surface area (Å²) < 4.78 is 10.8. The molecule has 0 radical (unpaired) electrons. The number of nitriles is 1. The van der Waals surface area contributed by atoms with Gasteiger partial charge in [0.2, 0.25) is 0 Å². The lowest BCUT2D eigenvalue weighted by molar-refractivity contribution is 0.0639. The van der Waals surface area contributed by atoms with Crippen LogP contribution in [0.3, 0.4) is 0 Å². The summed E-state index contributed by atoms with van der Waals surface area (Å²) in [5, 5.41) is 8.63. The number of hydrogen-bond donors (Lipinski definition) is 0. The van der Waals surface area contributed by atoms with Gasteiger partial charge >= 0.3 is 0 Å². The van der Waals surface area contributed by atoms with Crippen molar-refractivity contribution < 1.29 is 14.3 Å². The molecule has 1 amide bonds. The van der Waals surface area contributed by atoms with E-state index >= 15 is 0 Å². The average Bonchev–Trinajstić information content (AvgIpc) is 2.64. The predicted molar refractivity (Wildman–Crippen MR) is 91.0 cm³/mol. The smallest absolute Gasteiger partial charge is 0.253 e. The summed E-state index contributed by atoms with van der Waals surface area (Å²) in [6.07, 6.45) is 0.540. The molecule has 0 N–H and O–H groups in total. The van der Waals surface area contributed by atoms with E-state index in [1.807, 2.05) is 24.0 Å². The van der Waals surface area contributed by atoms with Gasteiger partial charge in [0.05, 0.1) is 12.7 Å². The maximum absolute atomic E-state index is 12.5.